The summed E-state index contributed by atoms with van der Waals surface area (Å²) in [7, 11) is 0. The Balaban J connectivity index is 1.88. The molecule has 0 radical (unpaired) electrons. The molecule has 2 aromatic rings. The lowest BCUT2D eigenvalue weighted by Gasteiger charge is -2.21. The molecule has 2 rings (SSSR count). The van der Waals surface area contributed by atoms with Crippen molar-refractivity contribution in [2.45, 2.75) is 46.0 Å². The summed E-state index contributed by atoms with van der Waals surface area (Å²) < 4.78 is 13.4. The van der Waals surface area contributed by atoms with Gasteiger partial charge in [0.05, 0.1) is 0 Å². The third-order valence-corrected chi connectivity index (χ3v) is 4.75. The number of nitrogen functional groups attached to an aromatic ring is 1. The number of anilines is 2. The second-order valence-electron chi connectivity index (χ2n) is 6.41. The molecule has 2 aromatic carbocycles. The first-order valence-electron chi connectivity index (χ1n) is 8.94. The van der Waals surface area contributed by atoms with Crippen LogP contribution < -0.4 is 10.6 Å². The van der Waals surface area contributed by atoms with Crippen LogP contribution in [-0.2, 0) is 6.42 Å². The van der Waals surface area contributed by atoms with Gasteiger partial charge in [-0.25, -0.2) is 4.39 Å². The number of nitrogens with zero attached hydrogens (tertiary/aromatic N) is 1. The Labute approximate surface area is 145 Å². The number of nitrogens with two attached hydrogens (primary N) is 1. The maximum atomic E-state index is 13.4. The van der Waals surface area contributed by atoms with E-state index in [1.807, 2.05) is 0 Å². The summed E-state index contributed by atoms with van der Waals surface area (Å²) in [6.45, 7) is 8.53. The van der Waals surface area contributed by atoms with Gasteiger partial charge in [0, 0.05) is 24.5 Å². The molecular weight excluding hydrogens is 299 g/mol. The molecule has 0 amide bonds. The molecule has 0 spiro atoms. The second-order valence-corrected chi connectivity index (χ2v) is 6.41. The van der Waals surface area contributed by atoms with Gasteiger partial charge in [0.25, 0.3) is 0 Å². The summed E-state index contributed by atoms with van der Waals surface area (Å²) in [6, 6.07) is 13.5. The Bertz CT molecular complexity index is 633. The fourth-order valence-electron chi connectivity index (χ4n) is 3.20. The van der Waals surface area contributed by atoms with Crippen LogP contribution in [0, 0.1) is 5.82 Å². The van der Waals surface area contributed by atoms with Gasteiger partial charge in [-0.15, -0.1) is 0 Å². The van der Waals surface area contributed by atoms with Crippen LogP contribution in [0.5, 0.6) is 0 Å². The molecule has 0 aromatic heterocycles. The number of halogens is 1. The standard InChI is InChI=1S/C21H29FN2/c1-4-24(5-2)19-12-9-17(10-13-19)8-6-7-16(3)20-15-18(22)11-14-21(20)23/h9-16H,4-8,23H2,1-3H3. The maximum Gasteiger partial charge on any atom is 0.123 e. The number of rotatable bonds is 8. The van der Waals surface area contributed by atoms with Gasteiger partial charge in [0.1, 0.15) is 5.82 Å². The molecular formula is C21H29FN2. The van der Waals surface area contributed by atoms with Crippen molar-refractivity contribution >= 4 is 11.4 Å². The monoisotopic (exact) mass is 328 g/mol. The van der Waals surface area contributed by atoms with Crippen LogP contribution in [0.3, 0.4) is 0 Å². The highest BCUT2D eigenvalue weighted by Gasteiger charge is 2.10. The second kappa shape index (κ2) is 8.72. The lowest BCUT2D eigenvalue weighted by Crippen LogP contribution is -2.21. The van der Waals surface area contributed by atoms with Gasteiger partial charge in [-0.1, -0.05) is 19.1 Å². The van der Waals surface area contributed by atoms with Crippen LogP contribution in [0.1, 0.15) is 50.7 Å². The number of hydrogen-bond acceptors (Lipinski definition) is 2. The predicted octanol–water partition coefficient (Wildman–Crippen LogP) is 5.38. The Morgan fingerprint density at radius 2 is 1.71 bits per heavy atom. The van der Waals surface area contributed by atoms with Gasteiger partial charge in [-0.05, 0) is 80.5 Å². The van der Waals surface area contributed by atoms with Crippen molar-refractivity contribution in [1.29, 1.82) is 0 Å². The van der Waals surface area contributed by atoms with Crippen molar-refractivity contribution in [1.82, 2.24) is 0 Å². The van der Waals surface area contributed by atoms with E-state index in [0.29, 0.717) is 5.69 Å². The van der Waals surface area contributed by atoms with Gasteiger partial charge in [0.15, 0.2) is 0 Å². The molecule has 2 nitrogen and oxygen atoms in total. The minimum Gasteiger partial charge on any atom is -0.398 e. The van der Waals surface area contributed by atoms with Crippen molar-refractivity contribution in [3.63, 3.8) is 0 Å². The van der Waals surface area contributed by atoms with Crippen molar-refractivity contribution < 1.29 is 4.39 Å². The summed E-state index contributed by atoms with van der Waals surface area (Å²) in [5.41, 5.74) is 10.2. The molecule has 3 heteroatoms. The van der Waals surface area contributed by atoms with Crippen LogP contribution in [-0.4, -0.2) is 13.1 Å². The molecule has 2 N–H and O–H groups in total. The number of benzene rings is 2. The highest BCUT2D eigenvalue weighted by molar-refractivity contribution is 5.49. The normalized spacial score (nSPS) is 12.2. The van der Waals surface area contributed by atoms with Gasteiger partial charge in [-0.3, -0.25) is 0 Å². The lowest BCUT2D eigenvalue weighted by molar-refractivity contribution is 0.606. The van der Waals surface area contributed by atoms with E-state index in [9.17, 15) is 4.39 Å². The lowest BCUT2D eigenvalue weighted by atomic mass is 9.93. The maximum absolute atomic E-state index is 13.4. The van der Waals surface area contributed by atoms with E-state index in [4.69, 9.17) is 5.73 Å². The smallest absolute Gasteiger partial charge is 0.123 e. The van der Waals surface area contributed by atoms with E-state index in [1.165, 1.54) is 17.3 Å². The molecule has 0 fully saturated rings. The van der Waals surface area contributed by atoms with E-state index >= 15 is 0 Å². The Kier molecular flexibility index (Phi) is 6.65. The van der Waals surface area contributed by atoms with Crippen LogP contribution in [0.2, 0.25) is 0 Å². The first-order valence-corrected chi connectivity index (χ1v) is 8.94. The van der Waals surface area contributed by atoms with Crippen LogP contribution in [0.4, 0.5) is 15.8 Å². The fraction of sp³-hybridized carbons (Fsp3) is 0.429. The Hall–Kier alpha value is -2.03. The van der Waals surface area contributed by atoms with Crippen LogP contribution in [0.15, 0.2) is 42.5 Å². The molecule has 1 atom stereocenters. The van der Waals surface area contributed by atoms with Crippen molar-refractivity contribution in [3.8, 4) is 0 Å². The zero-order chi connectivity index (χ0) is 17.5. The topological polar surface area (TPSA) is 29.3 Å². The van der Waals surface area contributed by atoms with E-state index in [2.05, 4.69) is 49.9 Å². The average molecular weight is 328 g/mol. The zero-order valence-corrected chi connectivity index (χ0v) is 15.1. The summed E-state index contributed by atoms with van der Waals surface area (Å²) in [5, 5.41) is 0. The number of aryl methyl sites for hydroxylation is 1. The molecule has 24 heavy (non-hydrogen) atoms. The summed E-state index contributed by atoms with van der Waals surface area (Å²) >= 11 is 0. The Morgan fingerprint density at radius 1 is 1.04 bits per heavy atom. The third kappa shape index (κ3) is 4.73. The average Bonchev–Trinajstić information content (AvgIpc) is 2.59. The fourth-order valence-corrected chi connectivity index (χ4v) is 3.20. The molecule has 1 unspecified atom stereocenters. The van der Waals surface area contributed by atoms with E-state index in [1.54, 1.807) is 12.1 Å². The summed E-state index contributed by atoms with van der Waals surface area (Å²) in [4.78, 5) is 2.35. The molecule has 0 aliphatic heterocycles. The number of hydrogen-bond donors (Lipinski definition) is 1. The largest absolute Gasteiger partial charge is 0.398 e. The van der Waals surface area contributed by atoms with Crippen LogP contribution in [0.25, 0.3) is 0 Å². The van der Waals surface area contributed by atoms with Gasteiger partial charge >= 0.3 is 0 Å². The molecule has 0 saturated carbocycles. The SMILES string of the molecule is CCN(CC)c1ccc(CCCC(C)c2cc(F)ccc2N)cc1. The first kappa shape index (κ1) is 18.3. The summed E-state index contributed by atoms with van der Waals surface area (Å²) in [5.74, 6) is 0.0636. The van der Waals surface area contributed by atoms with E-state index in [-0.39, 0.29) is 11.7 Å². The first-order chi connectivity index (χ1) is 11.5. The van der Waals surface area contributed by atoms with Gasteiger partial charge in [-0.2, -0.15) is 0 Å². The third-order valence-electron chi connectivity index (χ3n) is 4.75. The highest BCUT2D eigenvalue weighted by Crippen LogP contribution is 2.27. The zero-order valence-electron chi connectivity index (χ0n) is 15.1. The van der Waals surface area contributed by atoms with Gasteiger partial charge in [0.2, 0.25) is 0 Å². The molecule has 0 saturated heterocycles. The quantitative estimate of drug-likeness (QED) is 0.659. The molecule has 130 valence electrons. The van der Waals surface area contributed by atoms with Crippen LogP contribution >= 0.6 is 0 Å². The van der Waals surface area contributed by atoms with Crippen molar-refractivity contribution in [2.75, 3.05) is 23.7 Å². The molecule has 0 bridgehead atoms. The molecule has 0 aliphatic rings. The molecule has 0 aliphatic carbocycles. The Morgan fingerprint density at radius 3 is 2.33 bits per heavy atom. The predicted molar refractivity (Wildman–Crippen MR) is 102 cm³/mol. The van der Waals surface area contributed by atoms with Crippen molar-refractivity contribution in [2.24, 2.45) is 0 Å². The summed E-state index contributed by atoms with van der Waals surface area (Å²) in [6.07, 6.45) is 3.12. The highest BCUT2D eigenvalue weighted by atomic mass is 19.1. The minimum atomic E-state index is -0.210. The van der Waals surface area contributed by atoms with Crippen molar-refractivity contribution in [3.05, 3.63) is 59.4 Å². The molecule has 0 heterocycles. The minimum absolute atomic E-state index is 0.210. The van der Waals surface area contributed by atoms with Gasteiger partial charge < -0.3 is 10.6 Å². The van der Waals surface area contributed by atoms with E-state index in [0.717, 1.165) is 37.9 Å². The van der Waals surface area contributed by atoms with E-state index < -0.39 is 0 Å².